The van der Waals surface area contributed by atoms with Crippen LogP contribution >= 0.6 is 0 Å². The quantitative estimate of drug-likeness (QED) is 0.280. The third-order valence-corrected chi connectivity index (χ3v) is 6.47. The normalized spacial score (nSPS) is 13.0. The van der Waals surface area contributed by atoms with E-state index in [-0.39, 0.29) is 19.4 Å². The third-order valence-electron chi connectivity index (χ3n) is 6.47. The Hall–Kier alpha value is -4.19. The van der Waals surface area contributed by atoms with Crippen LogP contribution in [0.3, 0.4) is 0 Å². The summed E-state index contributed by atoms with van der Waals surface area (Å²) in [4.78, 5) is 37.7. The minimum atomic E-state index is -1.08. The summed E-state index contributed by atoms with van der Waals surface area (Å²) < 4.78 is 5.49. The molecule has 0 unspecified atom stereocenters. The van der Waals surface area contributed by atoms with Gasteiger partial charge in [-0.05, 0) is 46.6 Å². The lowest BCUT2D eigenvalue weighted by atomic mass is 9.86. The summed E-state index contributed by atoms with van der Waals surface area (Å²) >= 11 is 0. The van der Waals surface area contributed by atoms with E-state index in [9.17, 15) is 19.5 Å². The van der Waals surface area contributed by atoms with Crippen LogP contribution in [0.4, 0.5) is 0 Å². The van der Waals surface area contributed by atoms with Gasteiger partial charge in [-0.1, -0.05) is 112 Å². The number of carboxylic acids is 1. The van der Waals surface area contributed by atoms with Crippen molar-refractivity contribution in [3.63, 3.8) is 0 Å². The number of esters is 1. The molecule has 3 aromatic rings. The highest BCUT2D eigenvalue weighted by molar-refractivity contribution is 5.88. The van der Waals surface area contributed by atoms with Crippen LogP contribution in [0, 0.1) is 18.3 Å². The van der Waals surface area contributed by atoms with E-state index in [0.717, 1.165) is 27.8 Å². The number of ether oxygens (including phenoxy) is 1. The highest BCUT2D eigenvalue weighted by atomic mass is 16.5. The third kappa shape index (κ3) is 8.95. The lowest BCUT2D eigenvalue weighted by Crippen LogP contribution is -2.51. The van der Waals surface area contributed by atoms with E-state index in [4.69, 9.17) is 4.74 Å². The van der Waals surface area contributed by atoms with Crippen molar-refractivity contribution >= 4 is 23.9 Å². The van der Waals surface area contributed by atoms with Crippen LogP contribution in [-0.4, -0.2) is 29.0 Å². The lowest BCUT2D eigenvalue weighted by molar-refractivity contribution is -0.153. The minimum Gasteiger partial charge on any atom is -0.481 e. The Morgan fingerprint density at radius 3 is 2.18 bits per heavy atom. The van der Waals surface area contributed by atoms with E-state index in [0.29, 0.717) is 0 Å². The molecule has 3 aromatic carbocycles. The molecule has 0 saturated carbocycles. The molecule has 0 radical (unpaired) electrons. The number of carbonyl (C=O) groups is 3. The van der Waals surface area contributed by atoms with Crippen LogP contribution in [0.1, 0.15) is 50.3 Å². The molecule has 3 rings (SSSR count). The fraction of sp³-hybridized carbons (Fsp3) is 0.303. The first-order valence-corrected chi connectivity index (χ1v) is 13.1. The van der Waals surface area contributed by atoms with Crippen molar-refractivity contribution in [2.45, 2.75) is 53.2 Å². The SMILES string of the molecule is Cc1cc(/C=C/C[C@H](CC(=O)O)C(=O)N[C@H](C(=O)OCc2ccccc2)C(C)(C)C)ccc1-c1ccccc1. The topological polar surface area (TPSA) is 92.7 Å². The Labute approximate surface area is 230 Å². The van der Waals surface area contributed by atoms with Crippen LogP contribution < -0.4 is 5.32 Å². The van der Waals surface area contributed by atoms with Crippen LogP contribution in [0.25, 0.3) is 17.2 Å². The van der Waals surface area contributed by atoms with Crippen LogP contribution in [0.15, 0.2) is 84.9 Å². The molecule has 2 N–H and O–H groups in total. The van der Waals surface area contributed by atoms with Gasteiger partial charge in [-0.15, -0.1) is 0 Å². The van der Waals surface area contributed by atoms with Gasteiger partial charge in [-0.3, -0.25) is 9.59 Å². The number of rotatable bonds is 11. The predicted octanol–water partition coefficient (Wildman–Crippen LogP) is 6.43. The van der Waals surface area contributed by atoms with E-state index in [1.165, 1.54) is 0 Å². The van der Waals surface area contributed by atoms with E-state index in [2.05, 4.69) is 29.6 Å². The maximum absolute atomic E-state index is 13.2. The van der Waals surface area contributed by atoms with Crippen molar-refractivity contribution in [2.75, 3.05) is 0 Å². The maximum atomic E-state index is 13.2. The van der Waals surface area contributed by atoms with E-state index in [1.807, 2.05) is 94.4 Å². The molecule has 6 nitrogen and oxygen atoms in total. The molecule has 39 heavy (non-hydrogen) atoms. The van der Waals surface area contributed by atoms with Crippen molar-refractivity contribution in [2.24, 2.45) is 11.3 Å². The Morgan fingerprint density at radius 2 is 1.59 bits per heavy atom. The zero-order valence-electron chi connectivity index (χ0n) is 23.0. The van der Waals surface area contributed by atoms with Gasteiger partial charge in [0.2, 0.25) is 5.91 Å². The molecule has 0 aliphatic rings. The number of allylic oxidation sites excluding steroid dienone is 1. The van der Waals surface area contributed by atoms with Gasteiger partial charge in [0.25, 0.3) is 0 Å². The van der Waals surface area contributed by atoms with Crippen molar-refractivity contribution in [3.8, 4) is 11.1 Å². The predicted molar refractivity (Wildman–Crippen MR) is 154 cm³/mol. The van der Waals surface area contributed by atoms with Crippen LogP contribution in [0.5, 0.6) is 0 Å². The fourth-order valence-corrected chi connectivity index (χ4v) is 4.30. The number of aryl methyl sites for hydroxylation is 1. The molecule has 0 heterocycles. The molecule has 0 aromatic heterocycles. The summed E-state index contributed by atoms with van der Waals surface area (Å²) in [5, 5.41) is 12.2. The monoisotopic (exact) mass is 527 g/mol. The Balaban J connectivity index is 1.68. The highest BCUT2D eigenvalue weighted by Gasteiger charge is 2.36. The molecular formula is C33H37NO5. The summed E-state index contributed by atoms with van der Waals surface area (Å²) in [6.07, 6.45) is 3.56. The summed E-state index contributed by atoms with van der Waals surface area (Å²) in [7, 11) is 0. The zero-order valence-corrected chi connectivity index (χ0v) is 23.0. The number of benzene rings is 3. The average Bonchev–Trinajstić information content (AvgIpc) is 2.90. The number of hydrogen-bond donors (Lipinski definition) is 2. The Morgan fingerprint density at radius 1 is 0.949 bits per heavy atom. The standard InChI is InChI=1S/C33H37NO5/c1-23-20-24(18-19-28(23)26-15-9-6-10-16-26)14-11-17-27(21-29(35)36)31(37)34-30(33(2,3)4)32(38)39-22-25-12-7-5-8-13-25/h5-16,18-20,27,30H,17,21-22H2,1-4H3,(H,34,37)(H,35,36)/b14-11+/t27-,30-/m1/s1. The average molecular weight is 528 g/mol. The molecule has 0 fully saturated rings. The second-order valence-electron chi connectivity index (χ2n) is 10.8. The molecular weight excluding hydrogens is 490 g/mol. The van der Waals surface area contributed by atoms with Gasteiger partial charge < -0.3 is 15.2 Å². The van der Waals surface area contributed by atoms with Gasteiger partial charge in [0.05, 0.1) is 12.3 Å². The fourth-order valence-electron chi connectivity index (χ4n) is 4.30. The number of amides is 1. The Kier molecular flexibility index (Phi) is 10.2. The molecule has 0 aliphatic heterocycles. The Bertz CT molecular complexity index is 1290. The van der Waals surface area contributed by atoms with Gasteiger partial charge in [0, 0.05) is 0 Å². The molecule has 1 amide bonds. The zero-order chi connectivity index (χ0) is 28.4. The lowest BCUT2D eigenvalue weighted by Gasteiger charge is -2.30. The molecule has 0 aliphatic carbocycles. The molecule has 0 saturated heterocycles. The van der Waals surface area contributed by atoms with Gasteiger partial charge in [-0.25, -0.2) is 4.79 Å². The van der Waals surface area contributed by atoms with Crippen molar-refractivity contribution in [1.82, 2.24) is 5.32 Å². The number of nitrogens with one attached hydrogen (secondary N) is 1. The van der Waals surface area contributed by atoms with Crippen molar-refractivity contribution in [3.05, 3.63) is 102 Å². The van der Waals surface area contributed by atoms with Crippen molar-refractivity contribution < 1.29 is 24.2 Å². The first-order valence-electron chi connectivity index (χ1n) is 13.1. The maximum Gasteiger partial charge on any atom is 0.329 e. The summed E-state index contributed by atoms with van der Waals surface area (Å²) in [5.41, 5.74) is 4.56. The summed E-state index contributed by atoms with van der Waals surface area (Å²) in [5.74, 6) is -2.96. The number of hydrogen-bond acceptors (Lipinski definition) is 4. The van der Waals surface area contributed by atoms with Gasteiger partial charge in [0.1, 0.15) is 12.6 Å². The largest absolute Gasteiger partial charge is 0.481 e. The molecule has 6 heteroatoms. The van der Waals surface area contributed by atoms with Crippen molar-refractivity contribution in [1.29, 1.82) is 0 Å². The van der Waals surface area contributed by atoms with Crippen LogP contribution in [-0.2, 0) is 25.7 Å². The number of carbonyl (C=O) groups excluding carboxylic acids is 2. The molecule has 204 valence electrons. The highest BCUT2D eigenvalue weighted by Crippen LogP contribution is 2.25. The number of aliphatic carboxylic acids is 1. The van der Waals surface area contributed by atoms with Gasteiger partial charge in [0.15, 0.2) is 0 Å². The van der Waals surface area contributed by atoms with E-state index in [1.54, 1.807) is 0 Å². The smallest absolute Gasteiger partial charge is 0.329 e. The van der Waals surface area contributed by atoms with Gasteiger partial charge >= 0.3 is 11.9 Å². The van der Waals surface area contributed by atoms with E-state index < -0.39 is 35.2 Å². The second kappa shape index (κ2) is 13.6. The van der Waals surface area contributed by atoms with E-state index >= 15 is 0 Å². The molecule has 2 atom stereocenters. The summed E-state index contributed by atoms with van der Waals surface area (Å²) in [6.45, 7) is 7.62. The first-order chi connectivity index (χ1) is 18.5. The summed E-state index contributed by atoms with van der Waals surface area (Å²) in [6, 6.07) is 24.6. The second-order valence-corrected chi connectivity index (χ2v) is 10.8. The van der Waals surface area contributed by atoms with Crippen LogP contribution in [0.2, 0.25) is 0 Å². The van der Waals surface area contributed by atoms with Gasteiger partial charge in [-0.2, -0.15) is 0 Å². The molecule has 0 bridgehead atoms. The first kappa shape index (κ1) is 29.4. The minimum absolute atomic E-state index is 0.0892. The number of carboxylic acid groups (broad SMARTS) is 1. The molecule has 0 spiro atoms.